The van der Waals surface area contributed by atoms with Crippen molar-refractivity contribution in [2.45, 2.75) is 32.8 Å². The van der Waals surface area contributed by atoms with Crippen LogP contribution in [0.5, 0.6) is 0 Å². The van der Waals surface area contributed by atoms with Crippen molar-refractivity contribution in [3.63, 3.8) is 0 Å². The lowest BCUT2D eigenvalue weighted by Crippen LogP contribution is -2.34. The number of hydrogen-bond donors (Lipinski definition) is 4. The Morgan fingerprint density at radius 1 is 0.767 bits per heavy atom. The zero-order valence-electron chi connectivity index (χ0n) is 24.6. The predicted molar refractivity (Wildman–Crippen MR) is 150 cm³/mol. The van der Waals surface area contributed by atoms with E-state index in [1.54, 1.807) is 19.3 Å². The van der Waals surface area contributed by atoms with Crippen molar-refractivity contribution < 1.29 is 67.0 Å². The topological polar surface area (TPSA) is 217 Å². The number of rotatable bonds is 22. The van der Waals surface area contributed by atoms with Crippen molar-refractivity contribution in [3.05, 3.63) is 38.8 Å². The molecule has 4 amide bonds. The molecule has 0 aliphatic heterocycles. The highest BCUT2D eigenvalue weighted by Crippen LogP contribution is 1.99. The number of hydrogen-bond acceptors (Lipinski definition) is 14. The first-order valence-corrected chi connectivity index (χ1v) is 12.8. The molecule has 0 aromatic carbocycles. The molecule has 0 rings (SSSR count). The zero-order valence-corrected chi connectivity index (χ0v) is 24.6. The Labute approximate surface area is 250 Å². The number of unbranched alkanes of at least 4 members (excludes halogenated alkanes) is 1. The lowest BCUT2D eigenvalue weighted by atomic mass is 10.3. The maximum atomic E-state index is 11.8. The number of carbonyl (C=O) groups excluding carboxylic acids is 5. The lowest BCUT2D eigenvalue weighted by Gasteiger charge is -2.17. The Morgan fingerprint density at radius 3 is 1.98 bits per heavy atom. The van der Waals surface area contributed by atoms with E-state index in [2.05, 4.69) is 61.6 Å². The first-order chi connectivity index (χ1) is 20.9. The first-order valence-electron chi connectivity index (χ1n) is 12.8. The van der Waals surface area contributed by atoms with Gasteiger partial charge in [-0.1, -0.05) is 0 Å². The number of aldehydes is 1. The molecule has 1 unspecified atom stereocenters. The smallest absolute Gasteiger partial charge is 0.433 e. The highest BCUT2D eigenvalue weighted by atomic mass is 17.3. The van der Waals surface area contributed by atoms with Gasteiger partial charge in [0.2, 0.25) is 0 Å². The maximum absolute atomic E-state index is 11.8. The van der Waals surface area contributed by atoms with Crippen molar-refractivity contribution in [2.75, 3.05) is 59.7 Å². The van der Waals surface area contributed by atoms with Crippen LogP contribution in [0.3, 0.4) is 0 Å². The van der Waals surface area contributed by atoms with E-state index in [0.717, 1.165) is 6.29 Å². The van der Waals surface area contributed by atoms with Gasteiger partial charge in [0.15, 0.2) is 6.73 Å². The predicted octanol–water partition coefficient (Wildman–Crippen LogP) is 2.18. The van der Waals surface area contributed by atoms with E-state index >= 15 is 0 Å². The normalized spacial score (nSPS) is 10.3. The Morgan fingerprint density at radius 2 is 1.37 bits per heavy atom. The van der Waals surface area contributed by atoms with E-state index in [1.807, 2.05) is 0 Å². The standard InChI is InChI=1S/C21H36N4O14.2C2H4/c1-3-33-19(28)23-15-32-12-11-31-10-7-22-18(27)36-13-17(35-9-6-5-8-26)14-37-21(30)25-39-38-16-24-20(29)34-4-2;2*1-2/h7-8,10,17H,3-6,9,11-16H2,1-2H3,(H,22,27)(H,23,28)(H,24,29)(H,25,30);2*1-2H2. The van der Waals surface area contributed by atoms with Gasteiger partial charge in [0, 0.05) is 19.2 Å². The summed E-state index contributed by atoms with van der Waals surface area (Å²) < 4.78 is 34.8. The van der Waals surface area contributed by atoms with Crippen LogP contribution in [-0.4, -0.2) is 96.5 Å². The summed E-state index contributed by atoms with van der Waals surface area (Å²) in [5, 5.41) is 6.82. The van der Waals surface area contributed by atoms with Crippen molar-refractivity contribution in [1.29, 1.82) is 0 Å². The third kappa shape index (κ3) is 33.7. The first kappa shape index (κ1) is 43.1. The molecule has 0 aromatic rings. The molecule has 0 aliphatic carbocycles. The summed E-state index contributed by atoms with van der Waals surface area (Å²) in [6.45, 7) is 15.1. The second-order valence-electron chi connectivity index (χ2n) is 6.61. The van der Waals surface area contributed by atoms with Crippen molar-refractivity contribution in [2.24, 2.45) is 0 Å². The highest BCUT2D eigenvalue weighted by Gasteiger charge is 2.16. The molecule has 0 bridgehead atoms. The van der Waals surface area contributed by atoms with E-state index < -0.39 is 37.2 Å². The number of alkyl carbamates (subject to hydrolysis) is 3. The lowest BCUT2D eigenvalue weighted by molar-refractivity contribution is -0.329. The van der Waals surface area contributed by atoms with Gasteiger partial charge < -0.3 is 38.0 Å². The number of ether oxygens (including phenoxy) is 7. The van der Waals surface area contributed by atoms with Crippen LogP contribution in [0.1, 0.15) is 26.7 Å². The van der Waals surface area contributed by atoms with Crippen LogP contribution >= 0.6 is 0 Å². The molecule has 248 valence electrons. The minimum absolute atomic E-state index is 0.0460. The zero-order chi connectivity index (χ0) is 33.0. The summed E-state index contributed by atoms with van der Waals surface area (Å²) in [6.07, 6.45) is -0.335. The molecule has 0 radical (unpaired) electrons. The molecular weight excluding hydrogens is 580 g/mol. The van der Waals surface area contributed by atoms with E-state index in [-0.39, 0.29) is 59.4 Å². The molecule has 18 heteroatoms. The van der Waals surface area contributed by atoms with E-state index in [4.69, 9.17) is 23.7 Å². The molecule has 0 fully saturated rings. The minimum atomic E-state index is -1.06. The van der Waals surface area contributed by atoms with Crippen LogP contribution in [0.4, 0.5) is 19.2 Å². The highest BCUT2D eigenvalue weighted by molar-refractivity contribution is 5.68. The monoisotopic (exact) mass is 624 g/mol. The van der Waals surface area contributed by atoms with Gasteiger partial charge in [-0.25, -0.2) is 19.2 Å². The third-order valence-electron chi connectivity index (χ3n) is 3.66. The molecular formula is C25H44N4O14. The Hall–Kier alpha value is -4.39. The summed E-state index contributed by atoms with van der Waals surface area (Å²) >= 11 is 0. The molecule has 0 saturated carbocycles. The van der Waals surface area contributed by atoms with E-state index in [1.165, 1.54) is 12.5 Å². The fraction of sp³-hybridized carbons (Fsp3) is 0.560. The average molecular weight is 625 g/mol. The number of nitrogens with one attached hydrogen (secondary N) is 4. The fourth-order valence-electron chi connectivity index (χ4n) is 2.02. The fourth-order valence-corrected chi connectivity index (χ4v) is 2.02. The maximum Gasteiger partial charge on any atom is 0.433 e. The molecule has 0 aliphatic rings. The number of amides is 4. The van der Waals surface area contributed by atoms with Crippen LogP contribution in [0.25, 0.3) is 0 Å². The van der Waals surface area contributed by atoms with Gasteiger partial charge in [-0.05, 0) is 20.3 Å². The SMILES string of the molecule is C=C.C=C.CCOC(=O)NCOCCOC=CNC(=O)OCC(COC(=O)NOOCNC(=O)OCC)OCCCC=O. The number of hydroxylamine groups is 1. The van der Waals surface area contributed by atoms with E-state index in [0.29, 0.717) is 6.42 Å². The van der Waals surface area contributed by atoms with Gasteiger partial charge in [-0.15, -0.1) is 31.3 Å². The van der Waals surface area contributed by atoms with Gasteiger partial charge in [-0.2, -0.15) is 10.4 Å². The van der Waals surface area contributed by atoms with Gasteiger partial charge in [-0.3, -0.25) is 16.0 Å². The van der Waals surface area contributed by atoms with Gasteiger partial charge >= 0.3 is 24.4 Å². The van der Waals surface area contributed by atoms with Crippen LogP contribution in [0.2, 0.25) is 0 Å². The molecule has 43 heavy (non-hydrogen) atoms. The van der Waals surface area contributed by atoms with Crippen molar-refractivity contribution in [1.82, 2.24) is 21.4 Å². The molecule has 18 nitrogen and oxygen atoms in total. The summed E-state index contributed by atoms with van der Waals surface area (Å²) in [7, 11) is 0. The van der Waals surface area contributed by atoms with Crippen LogP contribution in [-0.2, 0) is 47.8 Å². The summed E-state index contributed by atoms with van der Waals surface area (Å²) in [6, 6.07) is 0. The Bertz CT molecular complexity index is 755. The molecule has 4 N–H and O–H groups in total. The van der Waals surface area contributed by atoms with E-state index in [9.17, 15) is 24.0 Å². The van der Waals surface area contributed by atoms with Gasteiger partial charge in [0.25, 0.3) is 0 Å². The second-order valence-corrected chi connectivity index (χ2v) is 6.61. The molecule has 1 atom stereocenters. The third-order valence-corrected chi connectivity index (χ3v) is 3.66. The summed E-state index contributed by atoms with van der Waals surface area (Å²) in [5.74, 6) is 0. The second kappa shape index (κ2) is 35.6. The number of carbonyl (C=O) groups is 5. The van der Waals surface area contributed by atoms with Crippen LogP contribution in [0, 0.1) is 0 Å². The molecule has 0 heterocycles. The summed E-state index contributed by atoms with van der Waals surface area (Å²) in [4.78, 5) is 64.9. The van der Waals surface area contributed by atoms with Crippen molar-refractivity contribution in [3.8, 4) is 0 Å². The van der Waals surface area contributed by atoms with Crippen LogP contribution < -0.4 is 21.4 Å². The van der Waals surface area contributed by atoms with Crippen molar-refractivity contribution >= 4 is 30.7 Å². The Kier molecular flexibility index (Phi) is 35.7. The Balaban J connectivity index is -0.00000382. The minimum Gasteiger partial charge on any atom is -0.497 e. The largest absolute Gasteiger partial charge is 0.497 e. The molecule has 0 aromatic heterocycles. The van der Waals surface area contributed by atoms with Crippen LogP contribution in [0.15, 0.2) is 38.8 Å². The quantitative estimate of drug-likeness (QED) is 0.0198. The molecule has 0 saturated heterocycles. The summed E-state index contributed by atoms with van der Waals surface area (Å²) in [5.41, 5.74) is 1.80. The van der Waals surface area contributed by atoms with Gasteiger partial charge in [0.05, 0.1) is 26.1 Å². The average Bonchev–Trinajstić information content (AvgIpc) is 3.01. The van der Waals surface area contributed by atoms with Gasteiger partial charge in [0.1, 0.15) is 38.9 Å². The molecule has 0 spiro atoms.